The van der Waals surface area contributed by atoms with Gasteiger partial charge in [0.1, 0.15) is 6.04 Å². The van der Waals surface area contributed by atoms with Gasteiger partial charge < -0.3 is 11.1 Å². The Kier molecular flexibility index (Phi) is 1.44. The lowest BCUT2D eigenvalue weighted by molar-refractivity contribution is -0.128. The van der Waals surface area contributed by atoms with Crippen molar-refractivity contribution in [1.82, 2.24) is 5.32 Å². The van der Waals surface area contributed by atoms with Crippen molar-refractivity contribution in [2.75, 3.05) is 6.26 Å². The molecule has 1 aliphatic rings. The lowest BCUT2D eigenvalue weighted by Crippen LogP contribution is -2.69. The molecule has 0 aromatic carbocycles. The van der Waals surface area contributed by atoms with Gasteiger partial charge in [-0.1, -0.05) is 0 Å². The Morgan fingerprint density at radius 2 is 2.10 bits per heavy atom. The lowest BCUT2D eigenvalue weighted by atomic mass is 10.2. The van der Waals surface area contributed by atoms with E-state index in [1.54, 1.807) is 0 Å². The van der Waals surface area contributed by atoms with Gasteiger partial charge in [-0.2, -0.15) is 0 Å². The summed E-state index contributed by atoms with van der Waals surface area (Å²) in [5, 5.41) is 1.31. The fraction of sp³-hybridized carbons (Fsp3) is 0.750. The van der Waals surface area contributed by atoms with Gasteiger partial charge in [0, 0.05) is 6.26 Å². The van der Waals surface area contributed by atoms with Gasteiger partial charge in [-0.05, 0) is 0 Å². The van der Waals surface area contributed by atoms with Crippen molar-refractivity contribution in [2.45, 2.75) is 11.4 Å². The second-order valence-corrected chi connectivity index (χ2v) is 4.45. The fourth-order valence-electron chi connectivity index (χ4n) is 0.741. The molecule has 1 rings (SSSR count). The van der Waals surface area contributed by atoms with Gasteiger partial charge in [0.15, 0.2) is 15.2 Å². The summed E-state index contributed by atoms with van der Waals surface area (Å²) < 4.78 is 21.3. The van der Waals surface area contributed by atoms with E-state index in [4.69, 9.17) is 5.73 Å². The van der Waals surface area contributed by atoms with Crippen LogP contribution in [0, 0.1) is 0 Å². The highest BCUT2D eigenvalue weighted by molar-refractivity contribution is 7.91. The number of hydrogen-bond donors (Lipinski definition) is 2. The molecular formula is C4H8N2O3S. The molecule has 1 aliphatic heterocycles. The van der Waals surface area contributed by atoms with Crippen molar-refractivity contribution in [3.63, 3.8) is 0 Å². The second-order valence-electron chi connectivity index (χ2n) is 2.28. The van der Waals surface area contributed by atoms with E-state index >= 15 is 0 Å². The van der Waals surface area contributed by atoms with E-state index in [1.165, 1.54) is 0 Å². The number of carbonyl (C=O) groups excluding carboxylic acids is 1. The van der Waals surface area contributed by atoms with Crippen LogP contribution < -0.4 is 11.1 Å². The average Bonchev–Trinajstić information content (AvgIpc) is 1.79. The number of amides is 1. The standard InChI is InChI=1S/C4H8N2O3S/c1-10(8,9)4-2(5)3(7)6-4/h2,4H,5H2,1H3,(H,6,7). The Labute approximate surface area is 58.5 Å². The van der Waals surface area contributed by atoms with E-state index in [-0.39, 0.29) is 0 Å². The Morgan fingerprint density at radius 3 is 2.20 bits per heavy atom. The first-order valence-corrected chi connectivity index (χ1v) is 4.63. The van der Waals surface area contributed by atoms with Crippen LogP contribution in [0.25, 0.3) is 0 Å². The summed E-state index contributed by atoms with van der Waals surface area (Å²) >= 11 is 0. The fourth-order valence-corrected chi connectivity index (χ4v) is 1.73. The monoisotopic (exact) mass is 164 g/mol. The minimum Gasteiger partial charge on any atom is -0.336 e. The number of hydrogen-bond acceptors (Lipinski definition) is 4. The van der Waals surface area contributed by atoms with Crippen LogP contribution in [0.15, 0.2) is 0 Å². The summed E-state index contributed by atoms with van der Waals surface area (Å²) in [6.07, 6.45) is 1.04. The third kappa shape index (κ3) is 0.994. The summed E-state index contributed by atoms with van der Waals surface area (Å²) in [4.78, 5) is 10.4. The lowest BCUT2D eigenvalue weighted by Gasteiger charge is -2.31. The van der Waals surface area contributed by atoms with E-state index < -0.39 is 27.2 Å². The molecule has 0 saturated carbocycles. The number of sulfone groups is 1. The maximum atomic E-state index is 10.7. The molecule has 0 spiro atoms. The molecule has 0 bridgehead atoms. The quantitative estimate of drug-likeness (QED) is 0.431. The molecule has 1 heterocycles. The molecule has 6 heteroatoms. The first-order chi connectivity index (χ1) is 4.43. The predicted octanol–water partition coefficient (Wildman–Crippen LogP) is -2.19. The molecule has 2 unspecified atom stereocenters. The topological polar surface area (TPSA) is 89.3 Å². The highest BCUT2D eigenvalue weighted by Gasteiger charge is 2.42. The second kappa shape index (κ2) is 1.93. The van der Waals surface area contributed by atoms with Crippen LogP contribution in [0.4, 0.5) is 0 Å². The molecule has 0 aromatic heterocycles. The van der Waals surface area contributed by atoms with Crippen LogP contribution >= 0.6 is 0 Å². The van der Waals surface area contributed by atoms with Crippen molar-refractivity contribution >= 4 is 15.7 Å². The molecule has 0 radical (unpaired) electrons. The zero-order chi connectivity index (χ0) is 7.94. The molecule has 1 amide bonds. The minimum absolute atomic E-state index is 0.407. The highest BCUT2D eigenvalue weighted by Crippen LogP contribution is 2.08. The average molecular weight is 164 g/mol. The van der Waals surface area contributed by atoms with Gasteiger partial charge in [-0.15, -0.1) is 0 Å². The van der Waals surface area contributed by atoms with Crippen LogP contribution in [0.2, 0.25) is 0 Å². The molecule has 58 valence electrons. The van der Waals surface area contributed by atoms with Gasteiger partial charge in [-0.25, -0.2) is 8.42 Å². The van der Waals surface area contributed by atoms with Gasteiger partial charge in [0.2, 0.25) is 5.91 Å². The smallest absolute Gasteiger partial charge is 0.241 e. The predicted molar refractivity (Wildman–Crippen MR) is 34.7 cm³/mol. The van der Waals surface area contributed by atoms with Gasteiger partial charge in [-0.3, -0.25) is 4.79 Å². The van der Waals surface area contributed by atoms with E-state index in [0.29, 0.717) is 0 Å². The minimum atomic E-state index is -3.21. The first-order valence-electron chi connectivity index (χ1n) is 2.68. The number of nitrogens with one attached hydrogen (secondary N) is 1. The number of carbonyl (C=O) groups is 1. The van der Waals surface area contributed by atoms with Crippen molar-refractivity contribution in [3.05, 3.63) is 0 Å². The van der Waals surface area contributed by atoms with E-state index in [9.17, 15) is 13.2 Å². The van der Waals surface area contributed by atoms with E-state index in [0.717, 1.165) is 6.26 Å². The summed E-state index contributed by atoms with van der Waals surface area (Å²) in [5.74, 6) is -0.407. The van der Waals surface area contributed by atoms with Crippen molar-refractivity contribution in [2.24, 2.45) is 5.73 Å². The Balaban J connectivity index is 2.74. The molecule has 0 aromatic rings. The maximum Gasteiger partial charge on any atom is 0.241 e. The van der Waals surface area contributed by atoms with E-state index in [1.807, 2.05) is 0 Å². The SMILES string of the molecule is CS(=O)(=O)C1NC(=O)C1N. The molecule has 5 nitrogen and oxygen atoms in total. The van der Waals surface area contributed by atoms with Gasteiger partial charge >= 0.3 is 0 Å². The largest absolute Gasteiger partial charge is 0.336 e. The Hall–Kier alpha value is -0.620. The number of rotatable bonds is 1. The van der Waals surface area contributed by atoms with Gasteiger partial charge in [0.05, 0.1) is 0 Å². The maximum absolute atomic E-state index is 10.7. The van der Waals surface area contributed by atoms with Crippen LogP contribution in [-0.2, 0) is 14.6 Å². The Bertz CT molecular complexity index is 258. The molecular weight excluding hydrogens is 156 g/mol. The third-order valence-corrected chi connectivity index (χ3v) is 2.71. The van der Waals surface area contributed by atoms with Crippen molar-refractivity contribution in [1.29, 1.82) is 0 Å². The summed E-state index contributed by atoms with van der Waals surface area (Å²) in [5.41, 5.74) is 5.16. The molecule has 10 heavy (non-hydrogen) atoms. The van der Waals surface area contributed by atoms with Crippen LogP contribution in [-0.4, -0.2) is 32.0 Å². The van der Waals surface area contributed by atoms with Crippen molar-refractivity contribution < 1.29 is 13.2 Å². The van der Waals surface area contributed by atoms with Gasteiger partial charge in [0.25, 0.3) is 0 Å². The van der Waals surface area contributed by atoms with Crippen LogP contribution in [0.1, 0.15) is 0 Å². The zero-order valence-corrected chi connectivity index (χ0v) is 6.18. The molecule has 3 N–H and O–H groups in total. The molecule has 1 fully saturated rings. The normalized spacial score (nSPS) is 32.8. The zero-order valence-electron chi connectivity index (χ0n) is 5.37. The summed E-state index contributed by atoms with van der Waals surface area (Å²) in [6, 6.07) is -0.880. The number of β-lactam (4-membered cyclic amide) rings is 1. The van der Waals surface area contributed by atoms with Crippen LogP contribution in [0.5, 0.6) is 0 Å². The molecule has 2 atom stereocenters. The first kappa shape index (κ1) is 7.49. The van der Waals surface area contributed by atoms with Crippen molar-refractivity contribution in [3.8, 4) is 0 Å². The third-order valence-electron chi connectivity index (χ3n) is 1.37. The molecule has 1 saturated heterocycles. The van der Waals surface area contributed by atoms with E-state index in [2.05, 4.69) is 5.32 Å². The number of nitrogens with two attached hydrogens (primary N) is 1. The molecule has 0 aliphatic carbocycles. The Morgan fingerprint density at radius 1 is 1.60 bits per heavy atom. The summed E-state index contributed by atoms with van der Waals surface area (Å²) in [7, 11) is -3.21. The summed E-state index contributed by atoms with van der Waals surface area (Å²) in [6.45, 7) is 0. The van der Waals surface area contributed by atoms with Crippen LogP contribution in [0.3, 0.4) is 0 Å². The highest BCUT2D eigenvalue weighted by atomic mass is 32.2.